The van der Waals surface area contributed by atoms with Gasteiger partial charge in [-0.1, -0.05) is 0 Å². The molecule has 3 N–H and O–H groups in total. The van der Waals surface area contributed by atoms with E-state index in [1.54, 1.807) is 6.07 Å². The summed E-state index contributed by atoms with van der Waals surface area (Å²) in [7, 11) is 1.23. The quantitative estimate of drug-likeness (QED) is 0.629. The van der Waals surface area contributed by atoms with Crippen molar-refractivity contribution in [1.29, 1.82) is 0 Å². The molecule has 0 radical (unpaired) electrons. The van der Waals surface area contributed by atoms with E-state index in [4.69, 9.17) is 10.8 Å². The van der Waals surface area contributed by atoms with Gasteiger partial charge in [-0.3, -0.25) is 0 Å². The Bertz CT molecular complexity index is 836. The Hall–Kier alpha value is -3.16. The third kappa shape index (κ3) is 5.16. The minimum absolute atomic E-state index is 0.00422. The van der Waals surface area contributed by atoms with E-state index in [0.717, 1.165) is 38.1 Å². The predicted octanol–water partition coefficient (Wildman–Crippen LogP) is 3.32. The zero-order valence-corrected chi connectivity index (χ0v) is 14.7. The number of nitrogens with two attached hydrogens (primary N) is 1. The van der Waals surface area contributed by atoms with Crippen molar-refractivity contribution in [2.75, 3.05) is 30.8 Å². The number of benzene rings is 2. The molecular formula is C19H20F2N2O4. The minimum Gasteiger partial charge on any atom is -0.478 e. The first-order valence-corrected chi connectivity index (χ1v) is 8.24. The lowest BCUT2D eigenvalue weighted by atomic mass is 10.2. The van der Waals surface area contributed by atoms with Gasteiger partial charge in [0.15, 0.2) is 0 Å². The fourth-order valence-corrected chi connectivity index (χ4v) is 2.63. The number of carbonyl (C=O) groups excluding carboxylic acids is 1. The highest BCUT2D eigenvalue weighted by Gasteiger charge is 2.17. The van der Waals surface area contributed by atoms with Crippen LogP contribution < -0.4 is 10.6 Å². The molecule has 0 aliphatic carbocycles. The number of carbonyl (C=O) groups is 2. The molecule has 0 saturated carbocycles. The third-order valence-electron chi connectivity index (χ3n) is 4.06. The molecule has 1 saturated heterocycles. The molecule has 3 rings (SSSR count). The van der Waals surface area contributed by atoms with Crippen LogP contribution in [0, 0.1) is 11.6 Å². The van der Waals surface area contributed by atoms with Gasteiger partial charge < -0.3 is 20.5 Å². The lowest BCUT2D eigenvalue weighted by molar-refractivity contribution is 0.0599. The number of esters is 1. The van der Waals surface area contributed by atoms with Crippen LogP contribution in [0.2, 0.25) is 0 Å². The molecule has 1 aliphatic heterocycles. The average molecular weight is 378 g/mol. The topological polar surface area (TPSA) is 92.9 Å². The van der Waals surface area contributed by atoms with E-state index in [0.29, 0.717) is 5.69 Å². The smallest absolute Gasteiger partial charge is 0.337 e. The van der Waals surface area contributed by atoms with Crippen molar-refractivity contribution in [2.24, 2.45) is 0 Å². The van der Waals surface area contributed by atoms with Gasteiger partial charge in [-0.15, -0.1) is 0 Å². The average Bonchev–Trinajstić information content (AvgIpc) is 3.18. The van der Waals surface area contributed by atoms with Crippen molar-refractivity contribution in [3.05, 3.63) is 59.2 Å². The Kier molecular flexibility index (Phi) is 6.70. The number of nitrogen functional groups attached to an aromatic ring is 1. The van der Waals surface area contributed by atoms with Crippen LogP contribution in [-0.4, -0.2) is 37.2 Å². The van der Waals surface area contributed by atoms with E-state index in [2.05, 4.69) is 4.74 Å². The number of ether oxygens (including phenoxy) is 1. The summed E-state index contributed by atoms with van der Waals surface area (Å²) in [4.78, 5) is 23.4. The Labute approximate surface area is 155 Å². The highest BCUT2D eigenvalue weighted by atomic mass is 19.1. The predicted molar refractivity (Wildman–Crippen MR) is 97.0 cm³/mol. The number of aromatic carboxylic acids is 1. The van der Waals surface area contributed by atoms with Crippen LogP contribution in [0.25, 0.3) is 0 Å². The van der Waals surface area contributed by atoms with Gasteiger partial charge in [0, 0.05) is 13.1 Å². The van der Waals surface area contributed by atoms with Crippen molar-refractivity contribution in [2.45, 2.75) is 12.8 Å². The molecule has 144 valence electrons. The Balaban J connectivity index is 0.000000199. The molecule has 1 aliphatic rings. The van der Waals surface area contributed by atoms with E-state index >= 15 is 0 Å². The normalized spacial score (nSPS) is 12.9. The molecule has 27 heavy (non-hydrogen) atoms. The van der Waals surface area contributed by atoms with Gasteiger partial charge in [0.1, 0.15) is 11.6 Å². The summed E-state index contributed by atoms with van der Waals surface area (Å²) in [6.07, 6.45) is 2.14. The summed E-state index contributed by atoms with van der Waals surface area (Å²) in [6, 6.07) is 7.84. The van der Waals surface area contributed by atoms with Crippen LogP contribution in [0.4, 0.5) is 20.2 Å². The van der Waals surface area contributed by atoms with Gasteiger partial charge in [0.05, 0.1) is 29.6 Å². The van der Waals surface area contributed by atoms with Crippen LogP contribution in [0.1, 0.15) is 33.6 Å². The largest absolute Gasteiger partial charge is 0.478 e. The highest BCUT2D eigenvalue weighted by molar-refractivity contribution is 5.89. The molecule has 0 unspecified atom stereocenters. The van der Waals surface area contributed by atoms with Crippen LogP contribution in [0.5, 0.6) is 0 Å². The van der Waals surface area contributed by atoms with E-state index in [1.165, 1.54) is 25.3 Å². The first kappa shape index (κ1) is 20.2. The summed E-state index contributed by atoms with van der Waals surface area (Å²) in [5.74, 6) is -2.73. The number of halogens is 2. The first-order chi connectivity index (χ1) is 12.8. The number of carboxylic acid groups (broad SMARTS) is 1. The molecule has 0 bridgehead atoms. The highest BCUT2D eigenvalue weighted by Crippen LogP contribution is 2.24. The maximum atomic E-state index is 13.6. The molecule has 0 aromatic heterocycles. The molecule has 2 aromatic rings. The molecular weight excluding hydrogens is 358 g/mol. The summed E-state index contributed by atoms with van der Waals surface area (Å²) >= 11 is 0. The SMILES string of the molecule is COC(=O)c1ccc(N)c(F)c1.O=C(O)c1ccc(N2CCCC2)c(F)c1. The van der Waals surface area contributed by atoms with E-state index in [9.17, 15) is 18.4 Å². The standard InChI is InChI=1S/C11H12FNO2.C8H8FNO2/c12-9-7-8(11(14)15)3-4-10(9)13-5-1-2-6-13;1-12-8(11)5-2-3-7(10)6(9)4-5/h3-4,7H,1-2,5-6H2,(H,14,15);2-4H,10H2,1H3. The number of nitrogens with zero attached hydrogens (tertiary/aromatic N) is 1. The number of hydrogen-bond acceptors (Lipinski definition) is 5. The Morgan fingerprint density at radius 3 is 2.15 bits per heavy atom. The van der Waals surface area contributed by atoms with Gasteiger partial charge >= 0.3 is 11.9 Å². The molecule has 8 heteroatoms. The Morgan fingerprint density at radius 1 is 1.04 bits per heavy atom. The number of hydrogen-bond donors (Lipinski definition) is 2. The monoisotopic (exact) mass is 378 g/mol. The van der Waals surface area contributed by atoms with Crippen molar-refractivity contribution < 1.29 is 28.2 Å². The summed E-state index contributed by atoms with van der Waals surface area (Å²) < 4.78 is 30.7. The number of anilines is 2. The first-order valence-electron chi connectivity index (χ1n) is 8.24. The third-order valence-corrected chi connectivity index (χ3v) is 4.06. The maximum Gasteiger partial charge on any atom is 0.337 e. The lowest BCUT2D eigenvalue weighted by Crippen LogP contribution is -2.19. The van der Waals surface area contributed by atoms with E-state index < -0.39 is 23.6 Å². The fourth-order valence-electron chi connectivity index (χ4n) is 2.63. The van der Waals surface area contributed by atoms with Crippen molar-refractivity contribution >= 4 is 23.3 Å². The summed E-state index contributed by atoms with van der Waals surface area (Å²) in [6.45, 7) is 1.70. The van der Waals surface area contributed by atoms with Crippen LogP contribution in [0.3, 0.4) is 0 Å². The van der Waals surface area contributed by atoms with Gasteiger partial charge in [0.25, 0.3) is 0 Å². The van der Waals surface area contributed by atoms with Gasteiger partial charge in [-0.25, -0.2) is 18.4 Å². The number of methoxy groups -OCH3 is 1. The minimum atomic E-state index is -1.10. The molecule has 1 fully saturated rings. The van der Waals surface area contributed by atoms with Gasteiger partial charge in [0.2, 0.25) is 0 Å². The van der Waals surface area contributed by atoms with Gasteiger partial charge in [-0.2, -0.15) is 0 Å². The fraction of sp³-hybridized carbons (Fsp3) is 0.263. The van der Waals surface area contributed by atoms with Crippen LogP contribution in [-0.2, 0) is 4.74 Å². The van der Waals surface area contributed by atoms with Crippen LogP contribution >= 0.6 is 0 Å². The second kappa shape index (κ2) is 8.98. The van der Waals surface area contributed by atoms with E-state index in [1.807, 2.05) is 4.90 Å². The summed E-state index contributed by atoms with van der Waals surface area (Å²) in [5.41, 5.74) is 5.88. The molecule has 0 spiro atoms. The molecule has 2 aromatic carbocycles. The van der Waals surface area contributed by atoms with Crippen molar-refractivity contribution in [1.82, 2.24) is 0 Å². The van der Waals surface area contributed by atoms with Crippen LogP contribution in [0.15, 0.2) is 36.4 Å². The number of carboxylic acids is 1. The molecule has 0 amide bonds. The van der Waals surface area contributed by atoms with Crippen molar-refractivity contribution in [3.63, 3.8) is 0 Å². The molecule has 6 nitrogen and oxygen atoms in total. The zero-order chi connectivity index (χ0) is 20.0. The second-order valence-electron chi connectivity index (χ2n) is 5.89. The summed E-state index contributed by atoms with van der Waals surface area (Å²) in [5, 5.41) is 8.69. The maximum absolute atomic E-state index is 13.6. The second-order valence-corrected chi connectivity index (χ2v) is 5.89. The molecule has 1 heterocycles. The zero-order valence-electron chi connectivity index (χ0n) is 14.7. The van der Waals surface area contributed by atoms with Gasteiger partial charge in [-0.05, 0) is 49.2 Å². The van der Waals surface area contributed by atoms with Crippen molar-refractivity contribution in [3.8, 4) is 0 Å². The van der Waals surface area contributed by atoms with E-state index in [-0.39, 0.29) is 16.8 Å². The number of rotatable bonds is 3. The Morgan fingerprint density at radius 2 is 1.63 bits per heavy atom. The lowest BCUT2D eigenvalue weighted by Gasteiger charge is -2.18. The molecule has 0 atom stereocenters.